The fourth-order valence-corrected chi connectivity index (χ4v) is 7.71. The summed E-state index contributed by atoms with van der Waals surface area (Å²) in [5.74, 6) is 0. The molecular weight excluding hydrogens is 411 g/mol. The third kappa shape index (κ3) is 3.87. The summed E-state index contributed by atoms with van der Waals surface area (Å²) >= 11 is 7.21. The molecule has 0 amide bonds. The fourth-order valence-electron chi connectivity index (χ4n) is 4.30. The van der Waals surface area contributed by atoms with Crippen LogP contribution in [0.1, 0.15) is 54.1 Å². The smallest absolute Gasteiger partial charge is 0.206 e. The lowest BCUT2D eigenvalue weighted by Gasteiger charge is -2.29. The summed E-state index contributed by atoms with van der Waals surface area (Å²) in [6.07, 6.45) is 0. The summed E-state index contributed by atoms with van der Waals surface area (Å²) in [5, 5.41) is 0.598. The van der Waals surface area contributed by atoms with Crippen molar-refractivity contribution in [1.82, 2.24) is 0 Å². The minimum Gasteiger partial charge on any atom is -0.287 e. The highest BCUT2D eigenvalue weighted by atomic mass is 35.7. The van der Waals surface area contributed by atoms with E-state index >= 15 is 0 Å². The van der Waals surface area contributed by atoms with Crippen molar-refractivity contribution in [1.29, 1.82) is 0 Å². The van der Waals surface area contributed by atoms with Gasteiger partial charge in [0, 0.05) is 16.4 Å². The molecule has 0 atom stereocenters. The molecule has 4 heteroatoms. The molecule has 3 aromatic carbocycles. The molecule has 0 saturated heterocycles. The van der Waals surface area contributed by atoms with Crippen LogP contribution in [0, 0.1) is 41.5 Å². The Kier molecular flexibility index (Phi) is 6.32. The second-order valence-corrected chi connectivity index (χ2v) is 12.1. The van der Waals surface area contributed by atoms with E-state index in [1.165, 1.54) is 0 Å². The summed E-state index contributed by atoms with van der Waals surface area (Å²) in [6, 6.07) is 17.0. The van der Waals surface area contributed by atoms with Crippen LogP contribution in [0.25, 0.3) is 0 Å². The highest BCUT2D eigenvalue weighted by Crippen LogP contribution is 2.67. The van der Waals surface area contributed by atoms with Gasteiger partial charge in [-0.3, -0.25) is 9.59 Å². The van der Waals surface area contributed by atoms with Crippen molar-refractivity contribution < 1.29 is 9.59 Å². The van der Waals surface area contributed by atoms with Crippen molar-refractivity contribution in [3.63, 3.8) is 0 Å². The average molecular weight is 438 g/mol. The zero-order valence-corrected chi connectivity index (χ0v) is 20.0. The standard InChI is InChI=1S/C26H27ClO2P/c1-16-12-18(3)23(19(4)13-16)25(28)30(27,22-10-8-7-9-11-22)26(29)24-20(5)14-17(2)15-21(24)6/h7-15H,1-6H3. The number of rotatable bonds is 5. The molecule has 0 saturated carbocycles. The number of carbonyl (C=O) groups is 2. The third-order valence-electron chi connectivity index (χ3n) is 5.45. The summed E-state index contributed by atoms with van der Waals surface area (Å²) < 4.78 is 0. The van der Waals surface area contributed by atoms with E-state index in [4.69, 9.17) is 11.2 Å². The molecule has 1 radical (unpaired) electrons. The van der Waals surface area contributed by atoms with Gasteiger partial charge in [0.1, 0.15) is 6.62 Å². The molecule has 3 aromatic rings. The van der Waals surface area contributed by atoms with Crippen LogP contribution in [0.5, 0.6) is 0 Å². The van der Waals surface area contributed by atoms with Gasteiger partial charge < -0.3 is 0 Å². The molecule has 0 aromatic heterocycles. The van der Waals surface area contributed by atoms with Crippen LogP contribution in [0.3, 0.4) is 0 Å². The first-order valence-corrected chi connectivity index (χ1v) is 12.7. The molecule has 0 aliphatic carbocycles. The largest absolute Gasteiger partial charge is 0.287 e. The zero-order chi connectivity index (χ0) is 22.2. The normalized spacial score (nSPS) is 11.4. The molecule has 0 spiro atoms. The molecular formula is C26H27ClO2P. The molecule has 0 aliphatic rings. The topological polar surface area (TPSA) is 34.1 Å². The van der Waals surface area contributed by atoms with Gasteiger partial charge in [0.05, 0.1) is 0 Å². The van der Waals surface area contributed by atoms with Gasteiger partial charge in [-0.2, -0.15) is 0 Å². The van der Waals surface area contributed by atoms with Gasteiger partial charge >= 0.3 is 0 Å². The highest BCUT2D eigenvalue weighted by molar-refractivity contribution is 8.26. The lowest BCUT2D eigenvalue weighted by molar-refractivity contribution is 0.105. The SMILES string of the molecule is Cc1cc(C)c(C(=O)[P](Cl)(C(=O)c2c(C)cc(C)cc2C)c2ccccc2)c(C)c1. The first kappa shape index (κ1) is 22.4. The summed E-state index contributed by atoms with van der Waals surface area (Å²) in [6.45, 7) is 8.24. The predicted octanol–water partition coefficient (Wildman–Crippen LogP) is 7.01. The van der Waals surface area contributed by atoms with E-state index < -0.39 is 6.62 Å². The van der Waals surface area contributed by atoms with Gasteiger partial charge in [0.25, 0.3) is 0 Å². The minimum atomic E-state index is -3.39. The fraction of sp³-hybridized carbons (Fsp3) is 0.231. The van der Waals surface area contributed by atoms with Crippen molar-refractivity contribution in [2.45, 2.75) is 41.5 Å². The number of hydrogen-bond acceptors (Lipinski definition) is 2. The number of halogens is 1. The van der Waals surface area contributed by atoms with E-state index in [9.17, 15) is 9.59 Å². The second kappa shape index (κ2) is 8.46. The van der Waals surface area contributed by atoms with E-state index in [1.807, 2.05) is 84.0 Å². The van der Waals surface area contributed by atoms with E-state index in [2.05, 4.69) is 0 Å². The molecule has 155 valence electrons. The lowest BCUT2D eigenvalue weighted by Crippen LogP contribution is -2.24. The Labute approximate surface area is 184 Å². The van der Waals surface area contributed by atoms with E-state index in [1.54, 1.807) is 12.1 Å². The minimum absolute atomic E-state index is 0.269. The number of benzene rings is 3. The molecule has 0 heterocycles. The van der Waals surface area contributed by atoms with E-state index in [-0.39, 0.29) is 11.0 Å². The lowest BCUT2D eigenvalue weighted by atomic mass is 10.0. The maximum absolute atomic E-state index is 14.0. The van der Waals surface area contributed by atoms with Crippen LogP contribution in [0.15, 0.2) is 54.6 Å². The number of carbonyl (C=O) groups excluding carboxylic acids is 2. The molecule has 30 heavy (non-hydrogen) atoms. The van der Waals surface area contributed by atoms with Crippen molar-refractivity contribution in [2.24, 2.45) is 0 Å². The quantitative estimate of drug-likeness (QED) is 0.402. The van der Waals surface area contributed by atoms with Gasteiger partial charge in [-0.05, 0) is 63.8 Å². The average Bonchev–Trinajstić information content (AvgIpc) is 2.66. The number of hydrogen-bond donors (Lipinski definition) is 0. The van der Waals surface area contributed by atoms with Crippen molar-refractivity contribution >= 4 is 34.2 Å². The van der Waals surface area contributed by atoms with Gasteiger partial charge in [-0.15, -0.1) is 0 Å². The van der Waals surface area contributed by atoms with Crippen LogP contribution in [-0.4, -0.2) is 11.0 Å². The van der Waals surface area contributed by atoms with Crippen molar-refractivity contribution in [3.05, 3.63) is 99.1 Å². The number of aryl methyl sites for hydroxylation is 6. The Bertz CT molecular complexity index is 1030. The van der Waals surface area contributed by atoms with Crippen LogP contribution in [-0.2, 0) is 0 Å². The van der Waals surface area contributed by atoms with Gasteiger partial charge in [-0.1, -0.05) is 77.0 Å². The Morgan fingerprint density at radius 2 is 0.967 bits per heavy atom. The van der Waals surface area contributed by atoms with E-state index in [0.717, 1.165) is 33.4 Å². The Balaban J connectivity index is 2.29. The predicted molar refractivity (Wildman–Crippen MR) is 129 cm³/mol. The summed E-state index contributed by atoms with van der Waals surface area (Å²) in [7, 11) is 0. The molecule has 0 aliphatic heterocycles. The maximum Gasteiger partial charge on any atom is 0.206 e. The first-order valence-electron chi connectivity index (χ1n) is 9.97. The van der Waals surface area contributed by atoms with Crippen LogP contribution < -0.4 is 5.30 Å². The van der Waals surface area contributed by atoms with Crippen LogP contribution in [0.2, 0.25) is 0 Å². The first-order chi connectivity index (χ1) is 14.1. The molecule has 0 N–H and O–H groups in total. The summed E-state index contributed by atoms with van der Waals surface area (Å²) in [4.78, 5) is 28.0. The second-order valence-electron chi connectivity index (χ2n) is 8.08. The van der Waals surface area contributed by atoms with Gasteiger partial charge in [0.2, 0.25) is 11.0 Å². The van der Waals surface area contributed by atoms with Crippen LogP contribution >= 0.6 is 17.9 Å². The van der Waals surface area contributed by atoms with Gasteiger partial charge in [0.15, 0.2) is 0 Å². The van der Waals surface area contributed by atoms with Crippen molar-refractivity contribution in [3.8, 4) is 0 Å². The third-order valence-corrected chi connectivity index (χ3v) is 9.54. The Morgan fingerprint density at radius 1 is 0.633 bits per heavy atom. The van der Waals surface area contributed by atoms with Crippen LogP contribution in [0.4, 0.5) is 0 Å². The monoisotopic (exact) mass is 437 g/mol. The van der Waals surface area contributed by atoms with Crippen molar-refractivity contribution in [2.75, 3.05) is 0 Å². The Hall–Kier alpha value is -2.28. The molecule has 0 unspecified atom stereocenters. The maximum atomic E-state index is 14.0. The molecule has 2 nitrogen and oxygen atoms in total. The zero-order valence-electron chi connectivity index (χ0n) is 18.3. The highest BCUT2D eigenvalue weighted by Gasteiger charge is 2.46. The summed E-state index contributed by atoms with van der Waals surface area (Å²) in [5.41, 5.74) is 6.14. The molecule has 0 bridgehead atoms. The van der Waals surface area contributed by atoms with E-state index in [0.29, 0.717) is 16.4 Å². The molecule has 3 rings (SSSR count). The Morgan fingerprint density at radius 3 is 1.30 bits per heavy atom. The molecule has 0 fully saturated rings. The van der Waals surface area contributed by atoms with Gasteiger partial charge in [-0.25, -0.2) is 0 Å².